The molecule has 2 unspecified atom stereocenters. The van der Waals surface area contributed by atoms with E-state index in [-0.39, 0.29) is 12.0 Å². The molecule has 0 aromatic carbocycles. The van der Waals surface area contributed by atoms with E-state index in [1.165, 1.54) is 5.56 Å². The zero-order chi connectivity index (χ0) is 11.0. The second-order valence-electron chi connectivity index (χ2n) is 4.14. The van der Waals surface area contributed by atoms with Crippen molar-refractivity contribution in [2.45, 2.75) is 32.7 Å². The second-order valence-corrected chi connectivity index (χ2v) is 4.14. The van der Waals surface area contributed by atoms with E-state index in [0.717, 1.165) is 11.5 Å². The van der Waals surface area contributed by atoms with E-state index in [4.69, 9.17) is 5.73 Å². The molecule has 0 fully saturated rings. The molecule has 2 heterocycles. The molecule has 2 aromatic rings. The van der Waals surface area contributed by atoms with Crippen molar-refractivity contribution < 1.29 is 0 Å². The summed E-state index contributed by atoms with van der Waals surface area (Å²) in [6.45, 7) is 6.10. The normalized spacial score (nSPS) is 15.5. The fourth-order valence-corrected chi connectivity index (χ4v) is 1.56. The van der Waals surface area contributed by atoms with Gasteiger partial charge >= 0.3 is 0 Å². The first-order valence-electron chi connectivity index (χ1n) is 5.16. The maximum atomic E-state index is 5.87. The van der Waals surface area contributed by atoms with Crippen LogP contribution in [0.3, 0.4) is 0 Å². The highest BCUT2D eigenvalue weighted by atomic mass is 15.2. The number of aromatic nitrogens is 3. The number of rotatable bonds is 2. The number of nitrogens with zero attached hydrogens (tertiary/aromatic N) is 3. The lowest BCUT2D eigenvalue weighted by atomic mass is 10.0. The first kappa shape index (κ1) is 10.1. The third-order valence-corrected chi connectivity index (χ3v) is 2.79. The predicted octanol–water partition coefficient (Wildman–Crippen LogP) is 1.49. The van der Waals surface area contributed by atoms with Crippen LogP contribution in [0.15, 0.2) is 18.3 Å². The van der Waals surface area contributed by atoms with E-state index in [9.17, 15) is 0 Å². The van der Waals surface area contributed by atoms with Crippen LogP contribution in [0, 0.1) is 6.92 Å². The molecular formula is C11H16N4. The van der Waals surface area contributed by atoms with Crippen molar-refractivity contribution in [3.05, 3.63) is 29.7 Å². The number of nitrogens with two attached hydrogens (primary N) is 1. The van der Waals surface area contributed by atoms with Gasteiger partial charge in [-0.15, -0.1) is 10.2 Å². The van der Waals surface area contributed by atoms with E-state index in [0.29, 0.717) is 0 Å². The minimum atomic E-state index is 0.0821. The Morgan fingerprint density at radius 2 is 2.07 bits per heavy atom. The summed E-state index contributed by atoms with van der Waals surface area (Å²) in [6, 6.07) is 4.15. The van der Waals surface area contributed by atoms with E-state index in [1.54, 1.807) is 0 Å². The molecule has 4 nitrogen and oxygen atoms in total. The first-order chi connectivity index (χ1) is 7.09. The van der Waals surface area contributed by atoms with Crippen LogP contribution in [0.25, 0.3) is 5.65 Å². The first-order valence-corrected chi connectivity index (χ1v) is 5.16. The van der Waals surface area contributed by atoms with Crippen molar-refractivity contribution in [3.8, 4) is 0 Å². The summed E-state index contributed by atoms with van der Waals surface area (Å²) in [6.07, 6.45) is 2.00. The van der Waals surface area contributed by atoms with Gasteiger partial charge in [0.15, 0.2) is 5.65 Å². The highest BCUT2D eigenvalue weighted by Gasteiger charge is 2.16. The van der Waals surface area contributed by atoms with Gasteiger partial charge in [0, 0.05) is 18.2 Å². The van der Waals surface area contributed by atoms with Crippen molar-refractivity contribution in [1.29, 1.82) is 0 Å². The fraction of sp³-hybridized carbons (Fsp3) is 0.455. The molecule has 80 valence electrons. The molecule has 0 aliphatic heterocycles. The molecule has 0 amide bonds. The molecule has 4 heteroatoms. The maximum absolute atomic E-state index is 5.87. The summed E-state index contributed by atoms with van der Waals surface area (Å²) in [5.41, 5.74) is 7.94. The Hall–Kier alpha value is -1.42. The molecule has 2 N–H and O–H groups in total. The molecule has 0 bridgehead atoms. The molecule has 2 atom stereocenters. The van der Waals surface area contributed by atoms with Crippen LogP contribution in [0.5, 0.6) is 0 Å². The molecule has 2 aromatic heterocycles. The zero-order valence-electron chi connectivity index (χ0n) is 9.31. The monoisotopic (exact) mass is 204 g/mol. The number of hydrogen-bond acceptors (Lipinski definition) is 3. The van der Waals surface area contributed by atoms with Crippen LogP contribution in [0.4, 0.5) is 0 Å². The molecule has 0 aliphatic rings. The highest BCUT2D eigenvalue weighted by Crippen LogP contribution is 2.17. The van der Waals surface area contributed by atoms with Crippen molar-refractivity contribution in [2.75, 3.05) is 0 Å². The van der Waals surface area contributed by atoms with Gasteiger partial charge in [-0.25, -0.2) is 0 Å². The zero-order valence-corrected chi connectivity index (χ0v) is 9.31. The minimum absolute atomic E-state index is 0.0821. The van der Waals surface area contributed by atoms with Gasteiger partial charge in [0.1, 0.15) is 5.82 Å². The van der Waals surface area contributed by atoms with E-state index in [2.05, 4.69) is 17.1 Å². The predicted molar refractivity (Wildman–Crippen MR) is 59.8 cm³/mol. The molecular weight excluding hydrogens is 188 g/mol. The third-order valence-electron chi connectivity index (χ3n) is 2.79. The molecule has 15 heavy (non-hydrogen) atoms. The Morgan fingerprint density at radius 3 is 2.73 bits per heavy atom. The van der Waals surface area contributed by atoms with Gasteiger partial charge in [-0.05, 0) is 31.5 Å². The van der Waals surface area contributed by atoms with Gasteiger partial charge in [0.2, 0.25) is 0 Å². The summed E-state index contributed by atoms with van der Waals surface area (Å²) < 4.78 is 2.00. The maximum Gasteiger partial charge on any atom is 0.161 e. The van der Waals surface area contributed by atoms with Gasteiger partial charge in [-0.2, -0.15) is 0 Å². The summed E-state index contributed by atoms with van der Waals surface area (Å²) in [5, 5.41) is 8.33. The number of hydrogen-bond donors (Lipinski definition) is 1. The molecule has 0 radical (unpaired) electrons. The lowest BCUT2D eigenvalue weighted by Crippen LogP contribution is -2.24. The van der Waals surface area contributed by atoms with E-state index in [1.807, 2.05) is 36.6 Å². The van der Waals surface area contributed by atoms with E-state index < -0.39 is 0 Å². The van der Waals surface area contributed by atoms with Crippen molar-refractivity contribution >= 4 is 5.65 Å². The second kappa shape index (κ2) is 3.62. The number of aryl methyl sites for hydroxylation is 1. The largest absolute Gasteiger partial charge is 0.327 e. The summed E-state index contributed by atoms with van der Waals surface area (Å²) in [5.74, 6) is 1.14. The van der Waals surface area contributed by atoms with Crippen LogP contribution in [-0.2, 0) is 0 Å². The fourth-order valence-electron chi connectivity index (χ4n) is 1.56. The minimum Gasteiger partial charge on any atom is -0.327 e. The van der Waals surface area contributed by atoms with Gasteiger partial charge in [-0.1, -0.05) is 6.92 Å². The summed E-state index contributed by atoms with van der Waals surface area (Å²) in [7, 11) is 0. The van der Waals surface area contributed by atoms with Crippen molar-refractivity contribution in [2.24, 2.45) is 5.73 Å². The topological polar surface area (TPSA) is 56.2 Å². The Bertz CT molecular complexity index is 472. The average Bonchev–Trinajstić information content (AvgIpc) is 2.59. The standard InChI is InChI=1S/C11H16N4/c1-7-4-5-15-10(6-7)13-14-11(15)8(2)9(3)12/h4-6,8-9H,12H2,1-3H3. The Balaban J connectivity index is 2.54. The van der Waals surface area contributed by atoms with Crippen molar-refractivity contribution in [1.82, 2.24) is 14.6 Å². The van der Waals surface area contributed by atoms with Crippen LogP contribution in [0.1, 0.15) is 31.2 Å². The summed E-state index contributed by atoms with van der Waals surface area (Å²) >= 11 is 0. The van der Waals surface area contributed by atoms with Gasteiger partial charge in [-0.3, -0.25) is 4.40 Å². The van der Waals surface area contributed by atoms with Crippen molar-refractivity contribution in [3.63, 3.8) is 0 Å². The molecule has 0 saturated carbocycles. The van der Waals surface area contributed by atoms with Gasteiger partial charge in [0.05, 0.1) is 0 Å². The quantitative estimate of drug-likeness (QED) is 0.806. The number of pyridine rings is 1. The third kappa shape index (κ3) is 1.72. The Kier molecular flexibility index (Phi) is 2.44. The molecule has 0 saturated heterocycles. The lowest BCUT2D eigenvalue weighted by molar-refractivity contribution is 0.576. The molecule has 2 rings (SSSR count). The lowest BCUT2D eigenvalue weighted by Gasteiger charge is -2.13. The Morgan fingerprint density at radius 1 is 1.33 bits per heavy atom. The molecule has 0 spiro atoms. The van der Waals surface area contributed by atoms with Crippen LogP contribution in [0.2, 0.25) is 0 Å². The highest BCUT2D eigenvalue weighted by molar-refractivity contribution is 5.41. The summed E-state index contributed by atoms with van der Waals surface area (Å²) in [4.78, 5) is 0. The SMILES string of the molecule is Cc1ccn2c(C(C)C(C)N)nnc2c1. The van der Waals surface area contributed by atoms with E-state index >= 15 is 0 Å². The Labute approximate surface area is 89.1 Å². The van der Waals surface area contributed by atoms with Crippen LogP contribution in [-0.4, -0.2) is 20.6 Å². The number of fused-ring (bicyclic) bond motifs is 1. The average molecular weight is 204 g/mol. The smallest absolute Gasteiger partial charge is 0.161 e. The molecule has 0 aliphatic carbocycles. The van der Waals surface area contributed by atoms with Gasteiger partial charge in [0.25, 0.3) is 0 Å². The van der Waals surface area contributed by atoms with Crippen LogP contribution < -0.4 is 5.73 Å². The van der Waals surface area contributed by atoms with Gasteiger partial charge < -0.3 is 5.73 Å². The van der Waals surface area contributed by atoms with Crippen LogP contribution >= 0.6 is 0 Å².